The van der Waals surface area contributed by atoms with Crippen LogP contribution in [0.2, 0.25) is 0 Å². The van der Waals surface area contributed by atoms with Gasteiger partial charge in [0.1, 0.15) is 0 Å². The molecule has 2 heteroatoms. The van der Waals surface area contributed by atoms with Gasteiger partial charge in [-0.05, 0) is 32.1 Å². The Hall–Kier alpha value is -1.41. The molecular formula is C17H25NO. The number of rotatable bonds is 3. The van der Waals surface area contributed by atoms with E-state index in [4.69, 9.17) is 0 Å². The van der Waals surface area contributed by atoms with Crippen molar-refractivity contribution in [1.82, 2.24) is 4.90 Å². The van der Waals surface area contributed by atoms with E-state index in [0.717, 1.165) is 6.42 Å². The molecule has 1 fully saturated rings. The summed E-state index contributed by atoms with van der Waals surface area (Å²) in [5.74, 6) is 11.7. The second kappa shape index (κ2) is 7.25. The molecule has 1 aliphatic rings. The fourth-order valence-electron chi connectivity index (χ4n) is 2.86. The first-order chi connectivity index (χ1) is 9.03. The van der Waals surface area contributed by atoms with Gasteiger partial charge in [0.25, 0.3) is 0 Å². The summed E-state index contributed by atoms with van der Waals surface area (Å²) in [7, 11) is 0. The lowest BCUT2D eigenvalue weighted by Gasteiger charge is -2.44. The molecule has 1 atom stereocenters. The molecule has 104 valence electrons. The number of amides is 1. The summed E-state index contributed by atoms with van der Waals surface area (Å²) < 4.78 is 0. The molecule has 0 aliphatic heterocycles. The van der Waals surface area contributed by atoms with Crippen molar-refractivity contribution in [1.29, 1.82) is 0 Å². The van der Waals surface area contributed by atoms with Crippen molar-refractivity contribution >= 4 is 5.91 Å². The monoisotopic (exact) mass is 259 g/mol. The molecular weight excluding hydrogens is 234 g/mol. The van der Waals surface area contributed by atoms with Crippen LogP contribution >= 0.6 is 0 Å². The van der Waals surface area contributed by atoms with Crippen LogP contribution in [0.15, 0.2) is 0 Å². The molecule has 1 aliphatic carbocycles. The van der Waals surface area contributed by atoms with Gasteiger partial charge in [-0.1, -0.05) is 38.5 Å². The lowest BCUT2D eigenvalue weighted by atomic mass is 9.72. The zero-order chi connectivity index (χ0) is 14.3. The Morgan fingerprint density at radius 3 is 2.47 bits per heavy atom. The van der Waals surface area contributed by atoms with Crippen LogP contribution in [0, 0.1) is 29.1 Å². The minimum Gasteiger partial charge on any atom is -0.327 e. The summed E-state index contributed by atoms with van der Waals surface area (Å²) in [6, 6.07) is 0.299. The molecule has 19 heavy (non-hydrogen) atoms. The molecule has 1 amide bonds. The van der Waals surface area contributed by atoms with Gasteiger partial charge < -0.3 is 4.90 Å². The van der Waals surface area contributed by atoms with E-state index in [1.165, 1.54) is 19.3 Å². The quantitative estimate of drug-likeness (QED) is 0.713. The highest BCUT2D eigenvalue weighted by molar-refractivity contribution is 5.79. The highest BCUT2D eigenvalue weighted by Crippen LogP contribution is 2.38. The topological polar surface area (TPSA) is 20.3 Å². The van der Waals surface area contributed by atoms with Crippen molar-refractivity contribution in [2.24, 2.45) is 5.41 Å². The van der Waals surface area contributed by atoms with Gasteiger partial charge in [0.05, 0.1) is 13.0 Å². The summed E-state index contributed by atoms with van der Waals surface area (Å²) in [6.45, 7) is 8.66. The minimum absolute atomic E-state index is 0.122. The molecule has 0 radical (unpaired) electrons. The first-order valence-electron chi connectivity index (χ1n) is 7.11. The fourth-order valence-corrected chi connectivity index (χ4v) is 2.86. The maximum Gasteiger partial charge on any atom is 0.235 e. The number of carbonyl (C=O) groups is 1. The normalized spacial score (nSPS) is 20.5. The largest absolute Gasteiger partial charge is 0.327 e. The highest BCUT2D eigenvalue weighted by Gasteiger charge is 2.37. The molecule has 0 aromatic carbocycles. The highest BCUT2D eigenvalue weighted by atomic mass is 16.2. The molecule has 1 saturated carbocycles. The Bertz CT molecular complexity index is 428. The Labute approximate surface area is 117 Å². The molecule has 0 N–H and O–H groups in total. The third-order valence-electron chi connectivity index (χ3n) is 3.99. The van der Waals surface area contributed by atoms with Crippen LogP contribution in [-0.4, -0.2) is 23.4 Å². The molecule has 2 nitrogen and oxygen atoms in total. The van der Waals surface area contributed by atoms with Crippen molar-refractivity contribution < 1.29 is 4.79 Å². The van der Waals surface area contributed by atoms with Crippen LogP contribution in [0.5, 0.6) is 0 Å². The maximum atomic E-state index is 12.4. The van der Waals surface area contributed by atoms with Gasteiger partial charge in [0.2, 0.25) is 5.91 Å². The van der Waals surface area contributed by atoms with Crippen molar-refractivity contribution in [3.63, 3.8) is 0 Å². The van der Waals surface area contributed by atoms with Crippen LogP contribution < -0.4 is 0 Å². The zero-order valence-corrected chi connectivity index (χ0v) is 12.7. The van der Waals surface area contributed by atoms with Crippen molar-refractivity contribution in [3.05, 3.63) is 0 Å². The first-order valence-corrected chi connectivity index (χ1v) is 7.11. The Morgan fingerprint density at radius 2 is 1.89 bits per heavy atom. The summed E-state index contributed by atoms with van der Waals surface area (Å²) in [4.78, 5) is 14.3. The van der Waals surface area contributed by atoms with E-state index in [-0.39, 0.29) is 11.3 Å². The Kier molecular flexibility index (Phi) is 5.97. The summed E-state index contributed by atoms with van der Waals surface area (Å²) in [6.07, 6.45) is 5.05. The fraction of sp³-hybridized carbons (Fsp3) is 0.706. The van der Waals surface area contributed by atoms with E-state index < -0.39 is 0 Å². The molecule has 0 bridgehead atoms. The third-order valence-corrected chi connectivity index (χ3v) is 3.99. The smallest absolute Gasteiger partial charge is 0.235 e. The number of nitrogens with zero attached hydrogens (tertiary/aromatic N) is 1. The van der Waals surface area contributed by atoms with Crippen LogP contribution in [0.1, 0.15) is 59.8 Å². The molecule has 0 aromatic rings. The van der Waals surface area contributed by atoms with Gasteiger partial charge in [-0.2, -0.15) is 0 Å². The van der Waals surface area contributed by atoms with Gasteiger partial charge in [0.15, 0.2) is 0 Å². The van der Waals surface area contributed by atoms with E-state index in [9.17, 15) is 4.79 Å². The SMILES string of the molecule is CC#CCC(=O)N(CC#CC)C1CCCCC1(C)C. The Balaban J connectivity index is 2.89. The van der Waals surface area contributed by atoms with Crippen LogP contribution in [0.3, 0.4) is 0 Å². The predicted molar refractivity (Wildman–Crippen MR) is 79.3 cm³/mol. The molecule has 1 unspecified atom stereocenters. The molecule has 1 rings (SSSR count). The Morgan fingerprint density at radius 1 is 1.21 bits per heavy atom. The number of hydrogen-bond acceptors (Lipinski definition) is 1. The third kappa shape index (κ3) is 4.32. The van der Waals surface area contributed by atoms with Gasteiger partial charge in [-0.15, -0.1) is 11.8 Å². The van der Waals surface area contributed by atoms with Crippen LogP contribution in [0.25, 0.3) is 0 Å². The van der Waals surface area contributed by atoms with Crippen molar-refractivity contribution in [2.45, 2.75) is 65.8 Å². The molecule has 0 saturated heterocycles. The molecule has 0 heterocycles. The standard InChI is InChI=1S/C17H25NO/c1-5-7-12-16(19)18(14-8-6-2)15-11-9-10-13-17(15,3)4/h15H,9-14H2,1-4H3. The average molecular weight is 259 g/mol. The maximum absolute atomic E-state index is 12.4. The first kappa shape index (κ1) is 15.6. The van der Waals surface area contributed by atoms with Crippen LogP contribution in [0.4, 0.5) is 0 Å². The second-order valence-corrected chi connectivity index (χ2v) is 5.80. The van der Waals surface area contributed by atoms with E-state index in [0.29, 0.717) is 19.0 Å². The lowest BCUT2D eigenvalue weighted by molar-refractivity contribution is -0.135. The number of carbonyl (C=O) groups excluding carboxylic acids is 1. The lowest BCUT2D eigenvalue weighted by Crippen LogP contribution is -2.50. The van der Waals surface area contributed by atoms with E-state index in [2.05, 4.69) is 37.5 Å². The van der Waals surface area contributed by atoms with Gasteiger partial charge in [-0.3, -0.25) is 4.79 Å². The predicted octanol–water partition coefficient (Wildman–Crippen LogP) is 3.22. The second-order valence-electron chi connectivity index (χ2n) is 5.80. The van der Waals surface area contributed by atoms with Gasteiger partial charge in [0, 0.05) is 6.04 Å². The number of hydrogen-bond donors (Lipinski definition) is 0. The summed E-state index contributed by atoms with van der Waals surface area (Å²) >= 11 is 0. The van der Waals surface area contributed by atoms with E-state index in [1.54, 1.807) is 6.92 Å². The summed E-state index contributed by atoms with van der Waals surface area (Å²) in [5, 5.41) is 0. The summed E-state index contributed by atoms with van der Waals surface area (Å²) in [5.41, 5.74) is 0.184. The average Bonchev–Trinajstić information content (AvgIpc) is 2.38. The van der Waals surface area contributed by atoms with Gasteiger partial charge >= 0.3 is 0 Å². The van der Waals surface area contributed by atoms with Crippen LogP contribution in [-0.2, 0) is 4.79 Å². The van der Waals surface area contributed by atoms with E-state index >= 15 is 0 Å². The van der Waals surface area contributed by atoms with E-state index in [1.807, 2.05) is 11.8 Å². The molecule has 0 spiro atoms. The molecule has 0 aromatic heterocycles. The van der Waals surface area contributed by atoms with Crippen molar-refractivity contribution in [3.8, 4) is 23.7 Å². The minimum atomic E-state index is 0.122. The zero-order valence-electron chi connectivity index (χ0n) is 12.7. The van der Waals surface area contributed by atoms with Crippen molar-refractivity contribution in [2.75, 3.05) is 6.54 Å². The van der Waals surface area contributed by atoms with Gasteiger partial charge in [-0.25, -0.2) is 0 Å².